The van der Waals surface area contributed by atoms with Crippen molar-refractivity contribution < 1.29 is 18.0 Å². The number of nitrogens with one attached hydrogen (secondary N) is 1. The number of hydrogen-bond acceptors (Lipinski definition) is 6. The van der Waals surface area contributed by atoms with Gasteiger partial charge in [-0.25, -0.2) is 15.0 Å². The Labute approximate surface area is 134 Å². The van der Waals surface area contributed by atoms with Crippen molar-refractivity contribution in [2.45, 2.75) is 32.5 Å². The minimum Gasteiger partial charge on any atom is -0.384 e. The van der Waals surface area contributed by atoms with Crippen molar-refractivity contribution in [1.82, 2.24) is 20.3 Å². The van der Waals surface area contributed by atoms with E-state index in [2.05, 4.69) is 20.3 Å². The highest BCUT2D eigenvalue weighted by molar-refractivity contribution is 7.13. The van der Waals surface area contributed by atoms with Gasteiger partial charge in [0.1, 0.15) is 15.7 Å². The maximum atomic E-state index is 12.4. The number of carbonyl (C=O) groups excluding carboxylic acids is 1. The molecule has 0 saturated heterocycles. The Balaban J connectivity index is 2.11. The summed E-state index contributed by atoms with van der Waals surface area (Å²) in [6.45, 7) is 3.15. The number of nitrogens with two attached hydrogens (primary N) is 1. The van der Waals surface area contributed by atoms with Gasteiger partial charge in [-0.2, -0.15) is 13.2 Å². The highest BCUT2D eigenvalue weighted by Gasteiger charge is 2.30. The first-order valence-corrected chi connectivity index (χ1v) is 7.39. The Morgan fingerprint density at radius 1 is 1.43 bits per heavy atom. The molecule has 10 heteroatoms. The number of thiazole rings is 1. The van der Waals surface area contributed by atoms with Crippen molar-refractivity contribution >= 4 is 23.1 Å². The summed E-state index contributed by atoms with van der Waals surface area (Å²) in [4.78, 5) is 24.1. The molecule has 0 aliphatic carbocycles. The summed E-state index contributed by atoms with van der Waals surface area (Å²) in [5.41, 5.74) is 5.80. The summed E-state index contributed by atoms with van der Waals surface area (Å²) in [7, 11) is 0. The fourth-order valence-electron chi connectivity index (χ4n) is 1.83. The Bertz CT molecular complexity index is 716. The second kappa shape index (κ2) is 6.49. The van der Waals surface area contributed by atoms with Crippen LogP contribution in [-0.4, -0.2) is 27.0 Å². The lowest BCUT2D eigenvalue weighted by Crippen LogP contribution is -2.27. The Hall–Kier alpha value is -2.23. The van der Waals surface area contributed by atoms with Crippen molar-refractivity contribution in [3.8, 4) is 0 Å². The monoisotopic (exact) mass is 345 g/mol. The fourth-order valence-corrected chi connectivity index (χ4v) is 2.83. The number of carbonyl (C=O) groups is 1. The standard InChI is InChI=1S/C13H14F3N5OS/c1-6-10(23-9(19-6)5-13(14,15)16)12(22)20-7(2)11-18-4-3-8(17)21-11/h3-4,7H,5H2,1-2H3,(H,20,22)(H2,17,18,21). The smallest absolute Gasteiger partial charge is 0.384 e. The lowest BCUT2D eigenvalue weighted by Gasteiger charge is -2.12. The number of halogens is 3. The lowest BCUT2D eigenvalue weighted by molar-refractivity contribution is -0.127. The highest BCUT2D eigenvalue weighted by Crippen LogP contribution is 2.26. The number of aryl methyl sites for hydroxylation is 1. The first kappa shape index (κ1) is 17.1. The maximum absolute atomic E-state index is 12.4. The van der Waals surface area contributed by atoms with Gasteiger partial charge in [0.15, 0.2) is 5.82 Å². The van der Waals surface area contributed by atoms with Crippen LogP contribution in [0.5, 0.6) is 0 Å². The van der Waals surface area contributed by atoms with Crippen LogP contribution in [0.1, 0.15) is 39.2 Å². The molecular formula is C13H14F3N5OS. The molecule has 124 valence electrons. The van der Waals surface area contributed by atoms with Gasteiger partial charge in [-0.15, -0.1) is 11.3 Å². The summed E-state index contributed by atoms with van der Waals surface area (Å²) in [6.07, 6.45) is -4.06. The van der Waals surface area contributed by atoms with Gasteiger partial charge in [-0.1, -0.05) is 0 Å². The Morgan fingerprint density at radius 2 is 2.13 bits per heavy atom. The van der Waals surface area contributed by atoms with Crippen LogP contribution in [0.25, 0.3) is 0 Å². The summed E-state index contributed by atoms with van der Waals surface area (Å²) in [5.74, 6) is 0.0560. The third-order valence-corrected chi connectivity index (χ3v) is 3.99. The molecule has 23 heavy (non-hydrogen) atoms. The number of rotatable bonds is 4. The second-order valence-corrected chi connectivity index (χ2v) is 5.93. The SMILES string of the molecule is Cc1nc(CC(F)(F)F)sc1C(=O)NC(C)c1nccc(N)n1. The van der Waals surface area contributed by atoms with Crippen LogP contribution in [0.15, 0.2) is 12.3 Å². The van der Waals surface area contributed by atoms with Crippen molar-refractivity contribution in [3.05, 3.63) is 33.7 Å². The molecule has 1 unspecified atom stereocenters. The normalized spacial score (nSPS) is 12.9. The predicted octanol–water partition coefficient (Wildman–Crippen LogP) is 2.42. The predicted molar refractivity (Wildman–Crippen MR) is 78.9 cm³/mol. The summed E-state index contributed by atoms with van der Waals surface area (Å²) in [6, 6.07) is 0.966. The lowest BCUT2D eigenvalue weighted by atomic mass is 10.3. The molecule has 0 aliphatic heterocycles. The summed E-state index contributed by atoms with van der Waals surface area (Å²) >= 11 is 0.726. The molecule has 0 aliphatic rings. The van der Waals surface area contributed by atoms with E-state index >= 15 is 0 Å². The van der Waals surface area contributed by atoms with Crippen LogP contribution in [0.4, 0.5) is 19.0 Å². The van der Waals surface area contributed by atoms with Crippen molar-refractivity contribution in [2.75, 3.05) is 5.73 Å². The average Bonchev–Trinajstić information content (AvgIpc) is 2.77. The number of anilines is 1. The second-order valence-electron chi connectivity index (χ2n) is 4.85. The van der Waals surface area contributed by atoms with Crippen LogP contribution >= 0.6 is 11.3 Å². The molecule has 2 rings (SSSR count). The average molecular weight is 345 g/mol. The number of nitrogen functional groups attached to an aromatic ring is 1. The van der Waals surface area contributed by atoms with Gasteiger partial charge in [0.2, 0.25) is 0 Å². The van der Waals surface area contributed by atoms with Crippen LogP contribution in [0.2, 0.25) is 0 Å². The molecule has 2 heterocycles. The third-order valence-electron chi connectivity index (χ3n) is 2.83. The fraction of sp³-hybridized carbons (Fsp3) is 0.385. The topological polar surface area (TPSA) is 93.8 Å². The van der Waals surface area contributed by atoms with E-state index in [4.69, 9.17) is 5.73 Å². The van der Waals surface area contributed by atoms with E-state index in [9.17, 15) is 18.0 Å². The van der Waals surface area contributed by atoms with E-state index in [1.807, 2.05) is 0 Å². The van der Waals surface area contributed by atoms with Crippen LogP contribution < -0.4 is 11.1 Å². The van der Waals surface area contributed by atoms with Gasteiger partial charge in [0.05, 0.1) is 18.2 Å². The van der Waals surface area contributed by atoms with Gasteiger partial charge in [0, 0.05) is 6.20 Å². The Morgan fingerprint density at radius 3 is 2.74 bits per heavy atom. The van der Waals surface area contributed by atoms with Crippen molar-refractivity contribution in [2.24, 2.45) is 0 Å². The molecule has 0 fully saturated rings. The van der Waals surface area contributed by atoms with E-state index in [1.165, 1.54) is 19.2 Å². The quantitative estimate of drug-likeness (QED) is 0.887. The molecule has 2 aromatic heterocycles. The van der Waals surface area contributed by atoms with E-state index in [-0.39, 0.29) is 21.4 Å². The molecule has 0 spiro atoms. The highest BCUT2D eigenvalue weighted by atomic mass is 32.1. The number of nitrogens with zero attached hydrogens (tertiary/aromatic N) is 3. The molecule has 2 aromatic rings. The molecule has 0 bridgehead atoms. The summed E-state index contributed by atoms with van der Waals surface area (Å²) < 4.78 is 37.2. The molecule has 3 N–H and O–H groups in total. The largest absolute Gasteiger partial charge is 0.395 e. The molecule has 0 aromatic carbocycles. The maximum Gasteiger partial charge on any atom is 0.395 e. The summed E-state index contributed by atoms with van der Waals surface area (Å²) in [5, 5.41) is 2.48. The number of amides is 1. The molecule has 0 radical (unpaired) electrons. The first-order valence-electron chi connectivity index (χ1n) is 6.58. The van der Waals surface area contributed by atoms with Gasteiger partial charge < -0.3 is 11.1 Å². The van der Waals surface area contributed by atoms with Gasteiger partial charge in [0.25, 0.3) is 5.91 Å². The zero-order chi connectivity index (χ0) is 17.2. The minimum atomic E-state index is -4.36. The van der Waals surface area contributed by atoms with Crippen LogP contribution in [0, 0.1) is 6.92 Å². The third kappa shape index (κ3) is 4.62. The number of aromatic nitrogens is 3. The molecule has 0 saturated carbocycles. The Kier molecular flexibility index (Phi) is 4.83. The van der Waals surface area contributed by atoms with Gasteiger partial charge in [-0.3, -0.25) is 4.79 Å². The van der Waals surface area contributed by atoms with Crippen LogP contribution in [-0.2, 0) is 6.42 Å². The minimum absolute atomic E-state index is 0.139. The molecule has 1 amide bonds. The van der Waals surface area contributed by atoms with E-state index in [1.54, 1.807) is 6.92 Å². The number of hydrogen-bond donors (Lipinski definition) is 2. The van der Waals surface area contributed by atoms with Gasteiger partial charge >= 0.3 is 6.18 Å². The van der Waals surface area contributed by atoms with Crippen LogP contribution in [0.3, 0.4) is 0 Å². The van der Waals surface area contributed by atoms with Crippen molar-refractivity contribution in [3.63, 3.8) is 0 Å². The first-order chi connectivity index (χ1) is 10.7. The van der Waals surface area contributed by atoms with Crippen molar-refractivity contribution in [1.29, 1.82) is 0 Å². The molecule has 6 nitrogen and oxygen atoms in total. The zero-order valence-corrected chi connectivity index (χ0v) is 13.1. The number of alkyl halides is 3. The molecule has 1 atom stereocenters. The van der Waals surface area contributed by atoms with E-state index < -0.39 is 24.5 Å². The van der Waals surface area contributed by atoms with Gasteiger partial charge in [-0.05, 0) is 19.9 Å². The van der Waals surface area contributed by atoms with E-state index in [0.29, 0.717) is 5.82 Å². The zero-order valence-electron chi connectivity index (χ0n) is 12.3. The molecular weight excluding hydrogens is 331 g/mol. The van der Waals surface area contributed by atoms with E-state index in [0.717, 1.165) is 11.3 Å².